The molecule has 2 N–H and O–H groups in total. The molecular weight excluding hydrogens is 513 g/mol. The molecule has 0 aliphatic carbocycles. The summed E-state index contributed by atoms with van der Waals surface area (Å²) >= 11 is 0. The first kappa shape index (κ1) is 26.8. The van der Waals surface area contributed by atoms with Crippen LogP contribution in [0.1, 0.15) is 18.3 Å². The maximum absolute atomic E-state index is 12.7. The molecule has 1 aliphatic heterocycles. The number of nitrogens with zero attached hydrogens (tertiary/aromatic N) is 3. The molecule has 14 heteroatoms. The number of aromatic nitrogens is 2. The molecule has 1 aliphatic rings. The highest BCUT2D eigenvalue weighted by Gasteiger charge is 2.49. The molecule has 1 aromatic heterocycles. The summed E-state index contributed by atoms with van der Waals surface area (Å²) < 4.78 is 58.9. The van der Waals surface area contributed by atoms with Crippen LogP contribution < -0.4 is 14.4 Å². The molecule has 3 aromatic rings. The number of halogens is 3. The highest BCUT2D eigenvalue weighted by Crippen LogP contribution is 2.46. The smallest absolute Gasteiger partial charge is 0.506 e. The second-order valence-corrected chi connectivity index (χ2v) is 8.31. The summed E-state index contributed by atoms with van der Waals surface area (Å²) in [6.45, 7) is 1.49. The predicted octanol–water partition coefficient (Wildman–Crippen LogP) is 4.92. The van der Waals surface area contributed by atoms with E-state index < -0.39 is 34.7 Å². The standard InChI is InChI=1S/C24H23F3N4O7/c1-23(22(35-2)36-3)21(32)20(17-12-15(31(33)34)6-9-18(17)38-23)30(13-19-28-10-11-29-19)14-4-7-16(8-5-14)37-24(25,26)27/h4-12,22,32H,13H2,1-3H3,(H,28,29). The number of aliphatic hydroxyl groups is 1. The first-order chi connectivity index (χ1) is 18.0. The second kappa shape index (κ2) is 10.2. The number of hydrogen-bond donors (Lipinski definition) is 2. The van der Waals surface area contributed by atoms with Crippen LogP contribution in [0.4, 0.5) is 24.5 Å². The van der Waals surface area contributed by atoms with Crippen molar-refractivity contribution in [1.29, 1.82) is 0 Å². The topological polar surface area (TPSA) is 132 Å². The van der Waals surface area contributed by atoms with Crippen LogP contribution in [0.5, 0.6) is 11.5 Å². The molecule has 0 bridgehead atoms. The molecule has 2 heterocycles. The van der Waals surface area contributed by atoms with Gasteiger partial charge >= 0.3 is 6.36 Å². The molecule has 202 valence electrons. The number of aliphatic hydroxyl groups excluding tert-OH is 1. The van der Waals surface area contributed by atoms with Crippen LogP contribution >= 0.6 is 0 Å². The van der Waals surface area contributed by atoms with E-state index in [4.69, 9.17) is 14.2 Å². The molecular formula is C24H23F3N4O7. The summed E-state index contributed by atoms with van der Waals surface area (Å²) in [5.74, 6) is -0.256. The number of nitrogens with one attached hydrogen (secondary N) is 1. The van der Waals surface area contributed by atoms with Crippen LogP contribution in [0.2, 0.25) is 0 Å². The van der Waals surface area contributed by atoms with Crippen LogP contribution in [-0.2, 0) is 16.0 Å². The zero-order valence-corrected chi connectivity index (χ0v) is 20.4. The highest BCUT2D eigenvalue weighted by molar-refractivity contribution is 5.86. The summed E-state index contributed by atoms with van der Waals surface area (Å²) in [6, 6.07) is 8.76. The Morgan fingerprint density at radius 2 is 1.89 bits per heavy atom. The predicted molar refractivity (Wildman–Crippen MR) is 127 cm³/mol. The van der Waals surface area contributed by atoms with Gasteiger partial charge in [0.1, 0.15) is 17.3 Å². The van der Waals surface area contributed by atoms with Crippen molar-refractivity contribution in [3.63, 3.8) is 0 Å². The molecule has 1 atom stereocenters. The van der Waals surface area contributed by atoms with Crippen LogP contribution in [0, 0.1) is 10.1 Å². The number of hydrogen-bond acceptors (Lipinski definition) is 9. The molecule has 38 heavy (non-hydrogen) atoms. The normalized spacial score (nSPS) is 17.2. The number of H-pyrrole nitrogens is 1. The number of aromatic amines is 1. The van der Waals surface area contributed by atoms with Crippen molar-refractivity contribution in [2.45, 2.75) is 31.7 Å². The minimum Gasteiger partial charge on any atom is -0.506 e. The molecule has 0 saturated carbocycles. The Bertz CT molecular complexity index is 1330. The Balaban J connectivity index is 1.93. The Kier molecular flexibility index (Phi) is 7.20. The number of alkyl halides is 3. The van der Waals surface area contributed by atoms with E-state index in [9.17, 15) is 28.4 Å². The van der Waals surface area contributed by atoms with E-state index in [2.05, 4.69) is 14.7 Å². The lowest BCUT2D eigenvalue weighted by Gasteiger charge is -2.42. The lowest BCUT2D eigenvalue weighted by Crippen LogP contribution is -2.51. The fraction of sp³-hybridized carbons (Fsp3) is 0.292. The van der Waals surface area contributed by atoms with E-state index in [0.29, 0.717) is 11.5 Å². The Morgan fingerprint density at radius 3 is 2.45 bits per heavy atom. The monoisotopic (exact) mass is 536 g/mol. The molecule has 0 amide bonds. The number of methoxy groups -OCH3 is 2. The highest BCUT2D eigenvalue weighted by atomic mass is 19.4. The molecule has 2 aromatic carbocycles. The van der Waals surface area contributed by atoms with Crippen LogP contribution in [-0.4, -0.2) is 52.5 Å². The van der Waals surface area contributed by atoms with Gasteiger partial charge in [-0.15, -0.1) is 13.2 Å². The Morgan fingerprint density at radius 1 is 1.21 bits per heavy atom. The average molecular weight is 536 g/mol. The summed E-state index contributed by atoms with van der Waals surface area (Å²) in [4.78, 5) is 19.6. The largest absolute Gasteiger partial charge is 0.573 e. The van der Waals surface area contributed by atoms with Gasteiger partial charge in [0.05, 0.1) is 22.7 Å². The van der Waals surface area contributed by atoms with E-state index in [1.807, 2.05) is 0 Å². The number of fused-ring (bicyclic) bond motifs is 1. The summed E-state index contributed by atoms with van der Waals surface area (Å²) in [6.07, 6.45) is -2.93. The Labute approximate surface area is 214 Å². The quantitative estimate of drug-likeness (QED) is 0.222. The first-order valence-corrected chi connectivity index (χ1v) is 11.1. The van der Waals surface area contributed by atoms with Crippen molar-refractivity contribution >= 4 is 17.1 Å². The van der Waals surface area contributed by atoms with Gasteiger partial charge in [0.2, 0.25) is 11.9 Å². The van der Waals surface area contributed by atoms with Crippen molar-refractivity contribution in [2.24, 2.45) is 0 Å². The molecule has 0 fully saturated rings. The number of rotatable bonds is 9. The van der Waals surface area contributed by atoms with Gasteiger partial charge in [-0.2, -0.15) is 0 Å². The Hall–Kier alpha value is -4.30. The summed E-state index contributed by atoms with van der Waals surface area (Å²) in [7, 11) is 2.70. The van der Waals surface area contributed by atoms with Gasteiger partial charge in [-0.25, -0.2) is 4.98 Å². The van der Waals surface area contributed by atoms with Crippen LogP contribution in [0.15, 0.2) is 60.6 Å². The van der Waals surface area contributed by atoms with Crippen molar-refractivity contribution in [3.05, 3.63) is 82.1 Å². The minimum atomic E-state index is -4.88. The molecule has 11 nitrogen and oxygen atoms in total. The van der Waals surface area contributed by atoms with Gasteiger partial charge in [-0.3, -0.25) is 10.1 Å². The second-order valence-electron chi connectivity index (χ2n) is 8.31. The van der Waals surface area contributed by atoms with Crippen molar-refractivity contribution < 1.29 is 42.1 Å². The maximum Gasteiger partial charge on any atom is 0.573 e. The van der Waals surface area contributed by atoms with E-state index in [-0.39, 0.29) is 29.2 Å². The zero-order valence-electron chi connectivity index (χ0n) is 20.4. The number of ether oxygens (including phenoxy) is 4. The molecule has 0 saturated heterocycles. The van der Waals surface area contributed by atoms with Gasteiger partial charge in [0.15, 0.2) is 5.76 Å². The van der Waals surface area contributed by atoms with E-state index in [1.54, 1.807) is 6.20 Å². The third-order valence-corrected chi connectivity index (χ3v) is 5.84. The van der Waals surface area contributed by atoms with Crippen molar-refractivity contribution in [3.8, 4) is 11.5 Å². The van der Waals surface area contributed by atoms with E-state index in [1.165, 1.54) is 62.6 Å². The number of anilines is 1. The maximum atomic E-state index is 12.7. The zero-order chi connectivity index (χ0) is 27.7. The number of imidazole rings is 1. The first-order valence-electron chi connectivity index (χ1n) is 11.1. The number of benzene rings is 2. The van der Waals surface area contributed by atoms with E-state index >= 15 is 0 Å². The van der Waals surface area contributed by atoms with Crippen LogP contribution in [0.25, 0.3) is 5.70 Å². The summed E-state index contributed by atoms with van der Waals surface area (Å²) in [5.41, 5.74) is -1.36. The number of non-ortho nitro benzene ring substituents is 1. The fourth-order valence-electron chi connectivity index (χ4n) is 4.19. The number of nitro benzene ring substituents is 1. The van der Waals surface area contributed by atoms with E-state index in [0.717, 1.165) is 12.1 Å². The SMILES string of the molecule is COC(OC)C1(C)Oc2ccc([N+](=O)[O-])cc2C(N(Cc2ncc[nH]2)c2ccc(OC(F)(F)F)cc2)=C1O. The van der Waals surface area contributed by atoms with Gasteiger partial charge in [-0.1, -0.05) is 0 Å². The van der Waals surface area contributed by atoms with Gasteiger partial charge in [0, 0.05) is 44.4 Å². The lowest BCUT2D eigenvalue weighted by atomic mass is 9.92. The van der Waals surface area contributed by atoms with Gasteiger partial charge < -0.3 is 33.9 Å². The third kappa shape index (κ3) is 5.21. The summed E-state index contributed by atoms with van der Waals surface area (Å²) in [5, 5.41) is 23.2. The molecule has 0 radical (unpaired) electrons. The molecule has 1 unspecified atom stereocenters. The third-order valence-electron chi connectivity index (χ3n) is 5.84. The van der Waals surface area contributed by atoms with Crippen molar-refractivity contribution in [2.75, 3.05) is 19.1 Å². The molecule has 4 rings (SSSR count). The minimum absolute atomic E-state index is 0.0191. The number of nitro groups is 1. The molecule has 0 spiro atoms. The van der Waals surface area contributed by atoms with Gasteiger partial charge in [-0.05, 0) is 37.3 Å². The lowest BCUT2D eigenvalue weighted by molar-refractivity contribution is -0.384. The average Bonchev–Trinajstić information content (AvgIpc) is 3.37. The van der Waals surface area contributed by atoms with Crippen molar-refractivity contribution in [1.82, 2.24) is 9.97 Å². The van der Waals surface area contributed by atoms with Gasteiger partial charge in [0.25, 0.3) is 5.69 Å². The van der Waals surface area contributed by atoms with Crippen LogP contribution in [0.3, 0.4) is 0 Å². The fourth-order valence-corrected chi connectivity index (χ4v) is 4.19.